The zero-order valence-corrected chi connectivity index (χ0v) is 15.7. The third-order valence-corrected chi connectivity index (χ3v) is 5.09. The van der Waals surface area contributed by atoms with Crippen molar-refractivity contribution >= 4 is 23.5 Å². The average Bonchev–Trinajstić information content (AvgIpc) is 3.06. The molecule has 0 spiro atoms. The van der Waals surface area contributed by atoms with Crippen LogP contribution in [0.4, 0.5) is 10.5 Å². The van der Waals surface area contributed by atoms with E-state index in [1.54, 1.807) is 18.1 Å². The first-order chi connectivity index (χ1) is 12.7. The lowest BCUT2D eigenvalue weighted by Gasteiger charge is -2.27. The summed E-state index contributed by atoms with van der Waals surface area (Å²) in [6.45, 7) is 4.72. The Morgan fingerprint density at radius 3 is 2.88 bits per heavy atom. The zero-order chi connectivity index (χ0) is 18.2. The van der Waals surface area contributed by atoms with Gasteiger partial charge in [0.2, 0.25) is 0 Å². The summed E-state index contributed by atoms with van der Waals surface area (Å²) in [5, 5.41) is 14.5. The van der Waals surface area contributed by atoms with Crippen molar-refractivity contribution in [1.82, 2.24) is 25.0 Å². The van der Waals surface area contributed by atoms with E-state index < -0.39 is 0 Å². The van der Waals surface area contributed by atoms with Crippen LogP contribution in [0.2, 0.25) is 0 Å². The third-order valence-electron chi connectivity index (χ3n) is 4.05. The fraction of sp³-hybridized carbons (Fsp3) is 0.471. The van der Waals surface area contributed by atoms with E-state index in [4.69, 9.17) is 4.74 Å². The van der Waals surface area contributed by atoms with Gasteiger partial charge < -0.3 is 19.9 Å². The zero-order valence-electron chi connectivity index (χ0n) is 14.9. The second-order valence-electron chi connectivity index (χ2n) is 6.00. The van der Waals surface area contributed by atoms with E-state index in [9.17, 15) is 4.79 Å². The minimum atomic E-state index is -0.196. The van der Waals surface area contributed by atoms with Crippen molar-refractivity contribution in [2.75, 3.05) is 43.9 Å². The highest BCUT2D eigenvalue weighted by molar-refractivity contribution is 7.99. The fourth-order valence-corrected chi connectivity index (χ4v) is 3.40. The Morgan fingerprint density at radius 2 is 2.12 bits per heavy atom. The summed E-state index contributed by atoms with van der Waals surface area (Å²) in [6, 6.07) is 7.72. The Hall–Kier alpha value is -2.10. The van der Waals surface area contributed by atoms with E-state index in [-0.39, 0.29) is 6.03 Å². The number of nitrogens with zero attached hydrogens (tertiary/aromatic N) is 4. The van der Waals surface area contributed by atoms with Gasteiger partial charge in [-0.3, -0.25) is 4.90 Å². The predicted molar refractivity (Wildman–Crippen MR) is 101 cm³/mol. The number of rotatable bonds is 7. The number of ether oxygens (including phenoxy) is 1. The maximum Gasteiger partial charge on any atom is 0.319 e. The fourth-order valence-electron chi connectivity index (χ4n) is 2.66. The molecule has 2 heterocycles. The summed E-state index contributed by atoms with van der Waals surface area (Å²) in [5.41, 5.74) is 1.95. The largest absolute Gasteiger partial charge is 0.379 e. The van der Waals surface area contributed by atoms with E-state index in [0.717, 1.165) is 55.0 Å². The van der Waals surface area contributed by atoms with Gasteiger partial charge in [0.1, 0.15) is 6.33 Å². The summed E-state index contributed by atoms with van der Waals surface area (Å²) >= 11 is 1.56. The van der Waals surface area contributed by atoms with Crippen LogP contribution in [0.15, 0.2) is 35.7 Å². The number of amides is 2. The molecule has 0 aliphatic carbocycles. The second kappa shape index (κ2) is 9.56. The first-order valence-electron chi connectivity index (χ1n) is 8.62. The smallest absolute Gasteiger partial charge is 0.319 e. The number of para-hydroxylation sites is 1. The lowest BCUT2D eigenvalue weighted by Crippen LogP contribution is -2.36. The van der Waals surface area contributed by atoms with Gasteiger partial charge in [-0.05, 0) is 11.6 Å². The molecule has 0 atom stereocenters. The van der Waals surface area contributed by atoms with Gasteiger partial charge in [0.15, 0.2) is 5.16 Å². The average molecular weight is 376 g/mol. The molecule has 8 nitrogen and oxygen atoms in total. The lowest BCUT2D eigenvalue weighted by molar-refractivity contribution is 0.0343. The van der Waals surface area contributed by atoms with Gasteiger partial charge in [-0.2, -0.15) is 0 Å². The minimum Gasteiger partial charge on any atom is -0.379 e. The van der Waals surface area contributed by atoms with E-state index in [2.05, 4.69) is 31.8 Å². The number of urea groups is 1. The van der Waals surface area contributed by atoms with Gasteiger partial charge in [-0.15, -0.1) is 10.2 Å². The predicted octanol–water partition coefficient (Wildman–Crippen LogP) is 1.56. The van der Waals surface area contributed by atoms with E-state index in [1.165, 1.54) is 0 Å². The number of morpholine rings is 1. The van der Waals surface area contributed by atoms with Gasteiger partial charge in [0.05, 0.1) is 13.2 Å². The summed E-state index contributed by atoms with van der Waals surface area (Å²) in [4.78, 5) is 14.5. The Kier molecular flexibility index (Phi) is 6.87. The molecular weight excluding hydrogens is 352 g/mol. The monoisotopic (exact) mass is 376 g/mol. The van der Waals surface area contributed by atoms with Crippen LogP contribution in [0.1, 0.15) is 5.56 Å². The van der Waals surface area contributed by atoms with Crippen molar-refractivity contribution in [3.63, 3.8) is 0 Å². The topological polar surface area (TPSA) is 84.3 Å². The number of carbonyl (C=O) groups excluding carboxylic acids is 1. The highest BCUT2D eigenvalue weighted by Gasteiger charge is 2.13. The van der Waals surface area contributed by atoms with Crippen molar-refractivity contribution in [3.05, 3.63) is 36.2 Å². The molecule has 26 heavy (non-hydrogen) atoms. The third kappa shape index (κ3) is 5.45. The Balaban J connectivity index is 1.45. The number of carbonyl (C=O) groups is 1. The Labute approximate surface area is 157 Å². The molecule has 2 amide bonds. The maximum atomic E-state index is 12.2. The molecule has 140 valence electrons. The number of anilines is 1. The molecule has 1 saturated heterocycles. The Morgan fingerprint density at radius 1 is 1.31 bits per heavy atom. The van der Waals surface area contributed by atoms with Crippen LogP contribution >= 0.6 is 11.8 Å². The summed E-state index contributed by atoms with van der Waals surface area (Å²) < 4.78 is 7.24. The molecule has 1 aliphatic rings. The van der Waals surface area contributed by atoms with Crippen molar-refractivity contribution < 1.29 is 9.53 Å². The van der Waals surface area contributed by atoms with Gasteiger partial charge in [0, 0.05) is 44.7 Å². The molecule has 0 bridgehead atoms. The molecule has 1 aromatic heterocycles. The summed E-state index contributed by atoms with van der Waals surface area (Å²) in [5.74, 6) is 0.732. The number of benzene rings is 1. The lowest BCUT2D eigenvalue weighted by atomic mass is 10.1. The molecule has 3 rings (SSSR count). The van der Waals surface area contributed by atoms with E-state index >= 15 is 0 Å². The molecule has 9 heteroatoms. The van der Waals surface area contributed by atoms with Crippen LogP contribution in [0.25, 0.3) is 0 Å². The van der Waals surface area contributed by atoms with Crippen molar-refractivity contribution in [2.45, 2.75) is 11.7 Å². The Bertz CT molecular complexity index is 717. The van der Waals surface area contributed by atoms with Crippen LogP contribution in [-0.4, -0.2) is 64.3 Å². The number of hydrogen-bond donors (Lipinski definition) is 2. The highest BCUT2D eigenvalue weighted by atomic mass is 32.2. The molecule has 2 aromatic rings. The van der Waals surface area contributed by atoms with Crippen molar-refractivity contribution in [2.24, 2.45) is 7.05 Å². The van der Waals surface area contributed by atoms with Crippen LogP contribution in [0, 0.1) is 0 Å². The molecule has 2 N–H and O–H groups in total. The molecule has 1 aromatic carbocycles. The van der Waals surface area contributed by atoms with Crippen LogP contribution in [0.3, 0.4) is 0 Å². The quantitative estimate of drug-likeness (QED) is 0.564. The number of thioether (sulfide) groups is 1. The molecule has 0 radical (unpaired) electrons. The highest BCUT2D eigenvalue weighted by Crippen LogP contribution is 2.18. The molecule has 1 aliphatic heterocycles. The van der Waals surface area contributed by atoms with Crippen LogP contribution in [0.5, 0.6) is 0 Å². The molecular formula is C17H24N6O2S. The van der Waals surface area contributed by atoms with Crippen LogP contribution < -0.4 is 10.6 Å². The number of aryl methyl sites for hydroxylation is 1. The van der Waals surface area contributed by atoms with E-state index in [0.29, 0.717) is 6.54 Å². The summed E-state index contributed by atoms with van der Waals surface area (Å²) in [7, 11) is 1.90. The van der Waals surface area contributed by atoms with Crippen molar-refractivity contribution in [1.29, 1.82) is 0 Å². The normalized spacial score (nSPS) is 15.0. The van der Waals surface area contributed by atoms with Gasteiger partial charge in [0.25, 0.3) is 0 Å². The molecule has 0 unspecified atom stereocenters. The molecule has 0 saturated carbocycles. The summed E-state index contributed by atoms with van der Waals surface area (Å²) in [6.07, 6.45) is 1.66. The minimum absolute atomic E-state index is 0.196. The van der Waals surface area contributed by atoms with Gasteiger partial charge in [-0.25, -0.2) is 4.79 Å². The number of hydrogen-bond acceptors (Lipinski definition) is 6. The van der Waals surface area contributed by atoms with Crippen molar-refractivity contribution in [3.8, 4) is 0 Å². The first kappa shape index (κ1) is 18.7. The molecule has 1 fully saturated rings. The second-order valence-corrected chi connectivity index (χ2v) is 7.06. The standard InChI is InChI=1S/C17H24N6O2S/c1-22-13-19-21-17(22)26-11-6-18-16(24)20-15-5-3-2-4-14(15)12-23-7-9-25-10-8-23/h2-5,13H,6-12H2,1H3,(H2,18,20,24). The first-order valence-corrected chi connectivity index (χ1v) is 9.60. The van der Waals surface area contributed by atoms with Gasteiger partial charge >= 0.3 is 6.03 Å². The number of nitrogens with one attached hydrogen (secondary N) is 2. The SMILES string of the molecule is Cn1cnnc1SCCNC(=O)Nc1ccccc1CN1CCOCC1. The maximum absolute atomic E-state index is 12.2. The van der Waals surface area contributed by atoms with Gasteiger partial charge in [-0.1, -0.05) is 30.0 Å². The van der Waals surface area contributed by atoms with E-state index in [1.807, 2.05) is 29.8 Å². The number of aromatic nitrogens is 3. The van der Waals surface area contributed by atoms with Crippen LogP contribution in [-0.2, 0) is 18.3 Å².